The normalized spacial score (nSPS) is 23.9. The van der Waals surface area contributed by atoms with Gasteiger partial charge in [-0.15, -0.1) is 0 Å². The molecular weight excluding hydrogens is 404 g/mol. The maximum Gasteiger partial charge on any atom is 0.419 e. The zero-order chi connectivity index (χ0) is 21.8. The summed E-state index contributed by atoms with van der Waals surface area (Å²) in [6, 6.07) is 7.20. The molecule has 1 heterocycles. The van der Waals surface area contributed by atoms with Crippen LogP contribution in [-0.2, 0) is 0 Å². The molecule has 2 aromatic carbocycles. The predicted molar refractivity (Wildman–Crippen MR) is 103 cm³/mol. The first-order valence-corrected chi connectivity index (χ1v) is 9.22. The van der Waals surface area contributed by atoms with Gasteiger partial charge in [-0.1, -0.05) is 19.1 Å². The summed E-state index contributed by atoms with van der Waals surface area (Å²) in [5, 5.41) is 23.9. The summed E-state index contributed by atoms with van der Waals surface area (Å²) < 4.78 is 56.2. The minimum Gasteiger partial charge on any atom is -0.508 e. The average molecular weight is 422 g/mol. The summed E-state index contributed by atoms with van der Waals surface area (Å²) in [6.45, 7) is 1.50. The first-order chi connectivity index (χ1) is 14.0. The summed E-state index contributed by atoms with van der Waals surface area (Å²) in [5.74, 6) is -1.66. The standard InChI is InChI=1S/C21H18F4N2O3/c1-10-9-20(30,21(23,24)25)19(12-3-2-4-15(28)17(10)12)26-14-7-6-13(22)18-11(14)5-8-16(29)27-18/h2-8,10,19,26,28,30H,9H2,1H3,(H,27,29)/t10-,19+,20-/m1/s1. The van der Waals surface area contributed by atoms with E-state index >= 15 is 0 Å². The summed E-state index contributed by atoms with van der Waals surface area (Å²) in [7, 11) is 0. The van der Waals surface area contributed by atoms with Crippen LogP contribution in [0.2, 0.25) is 0 Å². The smallest absolute Gasteiger partial charge is 0.419 e. The first kappa shape index (κ1) is 20.2. The predicted octanol–water partition coefficient (Wildman–Crippen LogP) is 4.33. The largest absolute Gasteiger partial charge is 0.508 e. The van der Waals surface area contributed by atoms with Crippen LogP contribution in [0.4, 0.5) is 23.2 Å². The molecule has 9 heteroatoms. The van der Waals surface area contributed by atoms with E-state index in [4.69, 9.17) is 0 Å². The highest BCUT2D eigenvalue weighted by molar-refractivity contribution is 5.91. The molecule has 158 valence electrons. The molecule has 4 rings (SSSR count). The highest BCUT2D eigenvalue weighted by atomic mass is 19.4. The van der Waals surface area contributed by atoms with Crippen molar-refractivity contribution < 1.29 is 27.8 Å². The van der Waals surface area contributed by atoms with Gasteiger partial charge in [0.2, 0.25) is 5.56 Å². The van der Waals surface area contributed by atoms with Crippen LogP contribution >= 0.6 is 0 Å². The van der Waals surface area contributed by atoms with Gasteiger partial charge in [0.25, 0.3) is 0 Å². The number of pyridine rings is 1. The minimum absolute atomic E-state index is 0.0930. The molecule has 5 nitrogen and oxygen atoms in total. The van der Waals surface area contributed by atoms with E-state index in [9.17, 15) is 32.6 Å². The van der Waals surface area contributed by atoms with Crippen molar-refractivity contribution in [3.63, 3.8) is 0 Å². The molecule has 0 saturated carbocycles. The van der Waals surface area contributed by atoms with Crippen molar-refractivity contribution in [2.45, 2.75) is 37.1 Å². The summed E-state index contributed by atoms with van der Waals surface area (Å²) in [4.78, 5) is 13.9. The fraction of sp³-hybridized carbons (Fsp3) is 0.286. The van der Waals surface area contributed by atoms with Crippen LogP contribution in [0.15, 0.2) is 47.3 Å². The number of aromatic nitrogens is 1. The Kier molecular flexibility index (Phi) is 4.54. The Bertz CT molecular complexity index is 1190. The summed E-state index contributed by atoms with van der Waals surface area (Å²) in [5.41, 5.74) is -3.37. The molecule has 0 spiro atoms. The quantitative estimate of drug-likeness (QED) is 0.463. The second kappa shape index (κ2) is 6.73. The molecular formula is C21H18F4N2O3. The Morgan fingerprint density at radius 3 is 2.60 bits per heavy atom. The Balaban J connectivity index is 1.93. The second-order valence-electron chi connectivity index (χ2n) is 7.59. The van der Waals surface area contributed by atoms with Gasteiger partial charge in [0.05, 0.1) is 11.6 Å². The molecule has 1 aromatic heterocycles. The van der Waals surface area contributed by atoms with Gasteiger partial charge in [-0.25, -0.2) is 4.39 Å². The Hall–Kier alpha value is -3.07. The summed E-state index contributed by atoms with van der Waals surface area (Å²) in [6.07, 6.45) is -5.65. The number of nitrogens with one attached hydrogen (secondary N) is 2. The number of H-pyrrole nitrogens is 1. The topological polar surface area (TPSA) is 85.4 Å². The van der Waals surface area contributed by atoms with Crippen molar-refractivity contribution in [1.82, 2.24) is 4.98 Å². The zero-order valence-electron chi connectivity index (χ0n) is 15.7. The number of phenolic OH excluding ortho intramolecular Hbond substituents is 1. The molecule has 0 fully saturated rings. The van der Waals surface area contributed by atoms with Gasteiger partial charge in [-0.2, -0.15) is 13.2 Å². The van der Waals surface area contributed by atoms with Crippen molar-refractivity contribution in [3.05, 3.63) is 69.8 Å². The maximum absolute atomic E-state index is 14.1. The second-order valence-corrected chi connectivity index (χ2v) is 7.59. The van der Waals surface area contributed by atoms with Gasteiger partial charge in [-0.3, -0.25) is 4.79 Å². The van der Waals surface area contributed by atoms with E-state index in [1.807, 2.05) is 0 Å². The van der Waals surface area contributed by atoms with Crippen LogP contribution in [0.3, 0.4) is 0 Å². The Morgan fingerprint density at radius 2 is 1.90 bits per heavy atom. The molecule has 0 saturated heterocycles. The lowest BCUT2D eigenvalue weighted by Gasteiger charge is -2.45. The van der Waals surface area contributed by atoms with E-state index in [0.717, 1.165) is 12.1 Å². The highest BCUT2D eigenvalue weighted by Crippen LogP contribution is 2.54. The molecule has 1 aliphatic carbocycles. The molecule has 1 aliphatic rings. The van der Waals surface area contributed by atoms with E-state index < -0.39 is 41.5 Å². The number of hydrogen-bond acceptors (Lipinski definition) is 4. The van der Waals surface area contributed by atoms with Crippen LogP contribution in [0.5, 0.6) is 5.75 Å². The number of benzene rings is 2. The number of fused-ring (bicyclic) bond motifs is 2. The van der Waals surface area contributed by atoms with Crippen LogP contribution < -0.4 is 10.9 Å². The number of phenols is 1. The summed E-state index contributed by atoms with van der Waals surface area (Å²) >= 11 is 0. The molecule has 0 aliphatic heterocycles. The van der Waals surface area contributed by atoms with Crippen LogP contribution in [-0.4, -0.2) is 27.0 Å². The fourth-order valence-electron chi connectivity index (χ4n) is 4.28. The number of rotatable bonds is 2. The first-order valence-electron chi connectivity index (χ1n) is 9.22. The number of halogens is 4. The third-order valence-electron chi connectivity index (χ3n) is 5.65. The van der Waals surface area contributed by atoms with E-state index in [2.05, 4.69) is 10.3 Å². The van der Waals surface area contributed by atoms with E-state index in [1.165, 1.54) is 37.3 Å². The SMILES string of the molecule is C[C@@H]1C[C@](O)(C(F)(F)F)[C@@H](Nc2ccc(F)c3[nH]c(=O)ccc23)c2cccc(O)c21. The molecule has 0 amide bonds. The third kappa shape index (κ3) is 3.00. The maximum atomic E-state index is 14.1. The van der Waals surface area contributed by atoms with Gasteiger partial charge in [0.15, 0.2) is 5.60 Å². The number of aliphatic hydroxyl groups is 1. The van der Waals surface area contributed by atoms with Crippen LogP contribution in [0.25, 0.3) is 10.9 Å². The monoisotopic (exact) mass is 422 g/mol. The van der Waals surface area contributed by atoms with Crippen molar-refractivity contribution in [2.24, 2.45) is 0 Å². The Labute approximate surface area is 168 Å². The molecule has 30 heavy (non-hydrogen) atoms. The molecule has 0 bridgehead atoms. The van der Waals surface area contributed by atoms with Crippen LogP contribution in [0, 0.1) is 5.82 Å². The van der Waals surface area contributed by atoms with Gasteiger partial charge < -0.3 is 20.5 Å². The van der Waals surface area contributed by atoms with E-state index in [1.54, 1.807) is 0 Å². The van der Waals surface area contributed by atoms with Gasteiger partial charge >= 0.3 is 6.18 Å². The van der Waals surface area contributed by atoms with Gasteiger partial charge in [0, 0.05) is 22.7 Å². The number of hydrogen-bond donors (Lipinski definition) is 4. The number of aromatic amines is 1. The Morgan fingerprint density at radius 1 is 1.17 bits per heavy atom. The van der Waals surface area contributed by atoms with Gasteiger partial charge in [0.1, 0.15) is 11.6 Å². The van der Waals surface area contributed by atoms with E-state index in [-0.39, 0.29) is 27.9 Å². The molecule has 3 aromatic rings. The van der Waals surface area contributed by atoms with Gasteiger partial charge in [-0.05, 0) is 42.2 Å². The van der Waals surface area contributed by atoms with Crippen molar-refractivity contribution in [3.8, 4) is 5.75 Å². The zero-order valence-corrected chi connectivity index (χ0v) is 15.7. The van der Waals surface area contributed by atoms with Crippen molar-refractivity contribution >= 4 is 16.6 Å². The van der Waals surface area contributed by atoms with Crippen molar-refractivity contribution in [1.29, 1.82) is 0 Å². The highest BCUT2D eigenvalue weighted by Gasteiger charge is 2.62. The molecule has 0 unspecified atom stereocenters. The molecule has 0 radical (unpaired) electrons. The third-order valence-corrected chi connectivity index (χ3v) is 5.65. The minimum atomic E-state index is -4.98. The number of anilines is 1. The lowest BCUT2D eigenvalue weighted by Crippen LogP contribution is -2.55. The average Bonchev–Trinajstić information content (AvgIpc) is 2.66. The lowest BCUT2D eigenvalue weighted by molar-refractivity contribution is -0.272. The fourth-order valence-corrected chi connectivity index (χ4v) is 4.28. The lowest BCUT2D eigenvalue weighted by atomic mass is 9.70. The van der Waals surface area contributed by atoms with Crippen molar-refractivity contribution in [2.75, 3.05) is 5.32 Å². The number of alkyl halides is 3. The molecule has 4 N–H and O–H groups in total. The van der Waals surface area contributed by atoms with Crippen LogP contribution in [0.1, 0.15) is 36.4 Å². The molecule has 3 atom stereocenters. The van der Waals surface area contributed by atoms with E-state index in [0.29, 0.717) is 5.56 Å². The number of aromatic hydroxyl groups is 1.